The van der Waals surface area contributed by atoms with Crippen molar-refractivity contribution in [1.29, 1.82) is 0 Å². The largest absolute Gasteiger partial charge is 0.377 e. The summed E-state index contributed by atoms with van der Waals surface area (Å²) in [5.41, 5.74) is 2.34. The molecule has 7 heteroatoms. The maximum Gasteiger partial charge on any atom is 0.125 e. The number of aryl methyl sites for hydroxylation is 2. The Morgan fingerprint density at radius 3 is 2.65 bits per heavy atom. The van der Waals surface area contributed by atoms with Crippen molar-refractivity contribution in [3.8, 4) is 0 Å². The summed E-state index contributed by atoms with van der Waals surface area (Å²) in [6, 6.07) is 2.62. The monoisotopic (exact) mass is 379 g/mol. The Morgan fingerprint density at radius 2 is 2.10 bits per heavy atom. The van der Waals surface area contributed by atoms with Crippen LogP contribution in [-0.4, -0.2) is 9.78 Å². The van der Waals surface area contributed by atoms with Crippen LogP contribution in [0.5, 0.6) is 0 Å². The van der Waals surface area contributed by atoms with Crippen molar-refractivity contribution < 1.29 is 4.39 Å². The maximum atomic E-state index is 13.2. The molecule has 0 fully saturated rings. The van der Waals surface area contributed by atoms with Gasteiger partial charge in [-0.1, -0.05) is 30.1 Å². The fraction of sp³-hybridized carbons (Fsp3) is 0.308. The number of anilines is 1. The summed E-state index contributed by atoms with van der Waals surface area (Å²) in [5.74, 6) is -0.390. The molecular formula is C13H13BrCl2FN3. The molecule has 108 valence electrons. The van der Waals surface area contributed by atoms with E-state index < -0.39 is 0 Å². The van der Waals surface area contributed by atoms with E-state index in [4.69, 9.17) is 23.2 Å². The number of hydrogen-bond acceptors (Lipinski definition) is 2. The van der Waals surface area contributed by atoms with Crippen LogP contribution in [0.2, 0.25) is 10.0 Å². The van der Waals surface area contributed by atoms with Gasteiger partial charge in [-0.3, -0.25) is 4.68 Å². The smallest absolute Gasteiger partial charge is 0.125 e. The summed E-state index contributed by atoms with van der Waals surface area (Å²) < 4.78 is 15.5. The molecule has 20 heavy (non-hydrogen) atoms. The average molecular weight is 381 g/mol. The number of nitrogens with zero attached hydrogens (tertiary/aromatic N) is 2. The van der Waals surface area contributed by atoms with Gasteiger partial charge in [0, 0.05) is 11.5 Å². The molecule has 0 radical (unpaired) electrons. The highest BCUT2D eigenvalue weighted by Gasteiger charge is 2.14. The first kappa shape index (κ1) is 15.6. The SMILES string of the molecule is CCc1nn(C)c(CNc2c(Cl)cc(F)cc2Br)c1Cl. The molecule has 0 amide bonds. The molecule has 0 aliphatic heterocycles. The lowest BCUT2D eigenvalue weighted by Crippen LogP contribution is -2.07. The number of benzene rings is 1. The Labute approximate surface area is 135 Å². The third-order valence-electron chi connectivity index (χ3n) is 2.94. The number of halogens is 4. The van der Waals surface area contributed by atoms with Gasteiger partial charge in [0.05, 0.1) is 33.7 Å². The summed E-state index contributed by atoms with van der Waals surface area (Å²) in [7, 11) is 1.84. The first-order chi connectivity index (χ1) is 9.43. The van der Waals surface area contributed by atoms with E-state index in [0.29, 0.717) is 26.8 Å². The van der Waals surface area contributed by atoms with Crippen LogP contribution in [-0.2, 0) is 20.0 Å². The number of nitrogens with one attached hydrogen (secondary N) is 1. The van der Waals surface area contributed by atoms with E-state index >= 15 is 0 Å². The highest BCUT2D eigenvalue weighted by Crippen LogP contribution is 2.32. The summed E-state index contributed by atoms with van der Waals surface area (Å²) in [5, 5.41) is 8.45. The molecule has 1 aromatic heterocycles. The lowest BCUT2D eigenvalue weighted by atomic mass is 10.2. The Bertz CT molecular complexity index is 620. The van der Waals surface area contributed by atoms with Crippen LogP contribution in [0.15, 0.2) is 16.6 Å². The standard InChI is InChI=1S/C13H13BrCl2FN3/c1-3-10-12(16)11(20(2)19-10)6-18-13-8(14)4-7(17)5-9(13)15/h4-5,18H,3,6H2,1-2H3. The minimum atomic E-state index is -0.390. The highest BCUT2D eigenvalue weighted by molar-refractivity contribution is 9.10. The molecule has 1 heterocycles. The van der Waals surface area contributed by atoms with E-state index in [-0.39, 0.29) is 5.82 Å². The molecule has 0 saturated heterocycles. The molecule has 3 nitrogen and oxygen atoms in total. The second-order valence-corrected chi connectivity index (χ2v) is 5.92. The second-order valence-electron chi connectivity index (χ2n) is 4.28. The molecule has 2 rings (SSSR count). The van der Waals surface area contributed by atoms with Gasteiger partial charge in [0.15, 0.2) is 0 Å². The quantitative estimate of drug-likeness (QED) is 0.825. The van der Waals surface area contributed by atoms with Gasteiger partial charge in [0.2, 0.25) is 0 Å². The van der Waals surface area contributed by atoms with Crippen LogP contribution >= 0.6 is 39.1 Å². The Kier molecular flexibility index (Phi) is 4.94. The first-order valence-corrected chi connectivity index (χ1v) is 7.57. The predicted molar refractivity (Wildman–Crippen MR) is 84.0 cm³/mol. The molecule has 1 N–H and O–H groups in total. The van der Waals surface area contributed by atoms with E-state index in [1.54, 1.807) is 4.68 Å². The van der Waals surface area contributed by atoms with Crippen molar-refractivity contribution in [2.75, 3.05) is 5.32 Å². The van der Waals surface area contributed by atoms with Crippen LogP contribution in [0.1, 0.15) is 18.3 Å². The average Bonchev–Trinajstić information content (AvgIpc) is 2.64. The Balaban J connectivity index is 2.24. The Hall–Kier alpha value is -0.780. The van der Waals surface area contributed by atoms with Crippen LogP contribution in [0.4, 0.5) is 10.1 Å². The summed E-state index contributed by atoms with van der Waals surface area (Å²) >= 11 is 15.6. The van der Waals surface area contributed by atoms with Crippen molar-refractivity contribution >= 4 is 44.8 Å². The third-order valence-corrected chi connectivity index (χ3v) is 4.30. The van der Waals surface area contributed by atoms with Crippen LogP contribution in [0.25, 0.3) is 0 Å². The molecule has 0 unspecified atom stereocenters. The first-order valence-electron chi connectivity index (χ1n) is 6.02. The van der Waals surface area contributed by atoms with Gasteiger partial charge in [-0.15, -0.1) is 0 Å². The van der Waals surface area contributed by atoms with Crippen LogP contribution in [0, 0.1) is 5.82 Å². The van der Waals surface area contributed by atoms with Crippen molar-refractivity contribution in [3.05, 3.63) is 43.9 Å². The molecule has 0 bridgehead atoms. The number of hydrogen-bond donors (Lipinski definition) is 1. The fourth-order valence-electron chi connectivity index (χ4n) is 1.90. The van der Waals surface area contributed by atoms with Crippen LogP contribution in [0.3, 0.4) is 0 Å². The minimum Gasteiger partial charge on any atom is -0.377 e. The molecular weight excluding hydrogens is 368 g/mol. The molecule has 0 aliphatic rings. The van der Waals surface area contributed by atoms with E-state index in [1.807, 2.05) is 14.0 Å². The molecule has 0 saturated carbocycles. The van der Waals surface area contributed by atoms with Gasteiger partial charge in [-0.25, -0.2) is 4.39 Å². The Morgan fingerprint density at radius 1 is 1.40 bits per heavy atom. The molecule has 1 aromatic carbocycles. The highest BCUT2D eigenvalue weighted by atomic mass is 79.9. The van der Waals surface area contributed by atoms with Crippen molar-refractivity contribution in [3.63, 3.8) is 0 Å². The summed E-state index contributed by atoms with van der Waals surface area (Å²) in [6.07, 6.45) is 0.772. The zero-order valence-electron chi connectivity index (χ0n) is 11.0. The van der Waals surface area contributed by atoms with Gasteiger partial charge in [-0.05, 0) is 34.5 Å². The maximum absolute atomic E-state index is 13.2. The second kappa shape index (κ2) is 6.33. The van der Waals surface area contributed by atoms with E-state index in [2.05, 4.69) is 26.3 Å². The zero-order chi connectivity index (χ0) is 14.9. The topological polar surface area (TPSA) is 29.9 Å². The predicted octanol–water partition coefficient (Wildman–Crippen LogP) is 4.80. The van der Waals surface area contributed by atoms with E-state index in [0.717, 1.165) is 17.8 Å². The third kappa shape index (κ3) is 3.10. The fourth-order valence-corrected chi connectivity index (χ4v) is 3.22. The van der Waals surface area contributed by atoms with Gasteiger partial charge in [0.25, 0.3) is 0 Å². The van der Waals surface area contributed by atoms with Crippen molar-refractivity contribution in [2.24, 2.45) is 7.05 Å². The van der Waals surface area contributed by atoms with Gasteiger partial charge in [-0.2, -0.15) is 5.10 Å². The van der Waals surface area contributed by atoms with Gasteiger partial charge < -0.3 is 5.32 Å². The molecule has 0 spiro atoms. The molecule has 0 aliphatic carbocycles. The van der Waals surface area contributed by atoms with Crippen molar-refractivity contribution in [1.82, 2.24) is 9.78 Å². The van der Waals surface area contributed by atoms with E-state index in [9.17, 15) is 4.39 Å². The molecule has 2 aromatic rings. The molecule has 0 atom stereocenters. The van der Waals surface area contributed by atoms with Crippen LogP contribution < -0.4 is 5.32 Å². The lowest BCUT2D eigenvalue weighted by molar-refractivity contribution is 0.627. The lowest BCUT2D eigenvalue weighted by Gasteiger charge is -2.11. The number of rotatable bonds is 4. The number of aromatic nitrogens is 2. The van der Waals surface area contributed by atoms with Gasteiger partial charge in [0.1, 0.15) is 5.82 Å². The normalized spacial score (nSPS) is 10.9. The summed E-state index contributed by atoms with van der Waals surface area (Å²) in [6.45, 7) is 2.45. The van der Waals surface area contributed by atoms with Gasteiger partial charge >= 0.3 is 0 Å². The minimum absolute atomic E-state index is 0.311. The van der Waals surface area contributed by atoms with E-state index in [1.165, 1.54) is 12.1 Å². The summed E-state index contributed by atoms with van der Waals surface area (Å²) in [4.78, 5) is 0. The zero-order valence-corrected chi connectivity index (χ0v) is 14.1. The van der Waals surface area contributed by atoms with Crippen molar-refractivity contribution in [2.45, 2.75) is 19.9 Å².